The average molecular weight is 667 g/mol. The fraction of sp³-hybridized carbons (Fsp3) is 0.854. The third-order valence-corrected chi connectivity index (χ3v) is 8.20. The second-order valence-corrected chi connectivity index (χ2v) is 13.1. The van der Waals surface area contributed by atoms with E-state index in [1.165, 1.54) is 141 Å². The molecule has 0 fully saturated rings. The summed E-state index contributed by atoms with van der Waals surface area (Å²) in [6.45, 7) is 6.23. The first-order chi connectivity index (χ1) is 23.0. The molecule has 0 aliphatic heterocycles. The summed E-state index contributed by atoms with van der Waals surface area (Å²) in [7, 11) is 0. The molecule has 2 N–H and O–H groups in total. The molecule has 0 amide bonds. The van der Waals surface area contributed by atoms with Crippen LogP contribution < -0.4 is 0 Å². The Bertz CT molecular complexity index is 687. The molecule has 0 saturated carbocycles. The van der Waals surface area contributed by atoms with Gasteiger partial charge in [-0.15, -0.1) is 0 Å². The molecule has 0 aromatic carbocycles. The van der Waals surface area contributed by atoms with Crippen molar-refractivity contribution in [2.75, 3.05) is 19.8 Å². The molecule has 0 spiro atoms. The summed E-state index contributed by atoms with van der Waals surface area (Å²) in [6.07, 6.45) is 42.2. The first-order valence-corrected chi connectivity index (χ1v) is 19.9. The number of hydrogen-bond donors (Lipinski definition) is 2. The molecule has 0 bridgehead atoms. The van der Waals surface area contributed by atoms with Crippen LogP contribution in [0.15, 0.2) is 24.3 Å². The van der Waals surface area contributed by atoms with Gasteiger partial charge in [-0.25, -0.2) is 0 Å². The number of carbonyl (C=O) groups excluding carboxylic acids is 2. The Labute approximate surface area is 291 Å². The second-order valence-electron chi connectivity index (χ2n) is 13.1. The predicted molar refractivity (Wildman–Crippen MR) is 200 cm³/mol. The summed E-state index contributed by atoms with van der Waals surface area (Å²) in [5.74, 6) is -0.365. The molecule has 0 aromatic rings. The molecule has 1 unspecified atom stereocenters. The van der Waals surface area contributed by atoms with Crippen molar-refractivity contribution in [3.63, 3.8) is 0 Å². The molecule has 0 aromatic heterocycles. The molecular formula is C41H78O6. The van der Waals surface area contributed by atoms with Crippen molar-refractivity contribution in [1.82, 2.24) is 0 Å². The van der Waals surface area contributed by atoms with Crippen LogP contribution in [0.5, 0.6) is 0 Å². The van der Waals surface area contributed by atoms with Gasteiger partial charge in [-0.3, -0.25) is 9.59 Å². The van der Waals surface area contributed by atoms with E-state index >= 15 is 0 Å². The highest BCUT2D eigenvalue weighted by Gasteiger charge is 2.12. The fourth-order valence-electron chi connectivity index (χ4n) is 5.28. The van der Waals surface area contributed by atoms with Crippen molar-refractivity contribution in [2.24, 2.45) is 0 Å². The number of allylic oxidation sites excluding steroid dienone is 4. The van der Waals surface area contributed by atoms with Gasteiger partial charge in [-0.1, -0.05) is 141 Å². The van der Waals surface area contributed by atoms with E-state index in [9.17, 15) is 9.59 Å². The zero-order valence-electron chi connectivity index (χ0n) is 31.3. The van der Waals surface area contributed by atoms with Crippen molar-refractivity contribution in [3.8, 4) is 0 Å². The zero-order valence-corrected chi connectivity index (χ0v) is 31.3. The smallest absolute Gasteiger partial charge is 0.306 e. The largest absolute Gasteiger partial charge is 0.462 e. The van der Waals surface area contributed by atoms with Gasteiger partial charge in [-0.05, 0) is 71.1 Å². The van der Waals surface area contributed by atoms with E-state index in [1.807, 2.05) is 0 Å². The normalized spacial score (nSPS) is 11.9. The van der Waals surface area contributed by atoms with Crippen molar-refractivity contribution < 1.29 is 29.3 Å². The lowest BCUT2D eigenvalue weighted by molar-refractivity contribution is -0.158. The first kappa shape index (κ1) is 47.5. The highest BCUT2D eigenvalue weighted by molar-refractivity contribution is 5.70. The minimum atomic E-state index is -0.381. The fourth-order valence-corrected chi connectivity index (χ4v) is 5.28. The highest BCUT2D eigenvalue weighted by Crippen LogP contribution is 2.12. The van der Waals surface area contributed by atoms with E-state index in [2.05, 4.69) is 38.2 Å². The topological polar surface area (TPSA) is 93.1 Å². The van der Waals surface area contributed by atoms with E-state index in [0.717, 1.165) is 25.7 Å². The maximum absolute atomic E-state index is 12.1. The van der Waals surface area contributed by atoms with Crippen molar-refractivity contribution in [1.29, 1.82) is 0 Å². The number of aliphatic hydroxyl groups is 2. The lowest BCUT2D eigenvalue weighted by Crippen LogP contribution is -2.22. The third kappa shape index (κ3) is 44.3. The van der Waals surface area contributed by atoms with Gasteiger partial charge >= 0.3 is 11.9 Å². The van der Waals surface area contributed by atoms with Crippen LogP contribution in [-0.2, 0) is 19.1 Å². The number of aliphatic hydroxyl groups excluding tert-OH is 2. The quantitative estimate of drug-likeness (QED) is 0.0403. The van der Waals surface area contributed by atoms with Crippen LogP contribution in [0.3, 0.4) is 0 Å². The molecule has 0 radical (unpaired) electrons. The number of unbranched alkanes of at least 4 members (excludes halogenated alkanes) is 22. The minimum Gasteiger partial charge on any atom is -0.462 e. The van der Waals surface area contributed by atoms with Crippen LogP contribution >= 0.6 is 0 Å². The SMILES string of the molecule is CCCCCCCC/C=C\CCCCCCCC(=O)OCC(C)OC(=O)CCCCCCC/C=C\CCCCCCCC.OCCO. The highest BCUT2D eigenvalue weighted by atomic mass is 16.6. The summed E-state index contributed by atoms with van der Waals surface area (Å²) < 4.78 is 10.7. The van der Waals surface area contributed by atoms with Crippen LogP contribution in [0.1, 0.15) is 201 Å². The summed E-state index contributed by atoms with van der Waals surface area (Å²) in [5, 5.41) is 15.2. The van der Waals surface area contributed by atoms with Crippen molar-refractivity contribution in [3.05, 3.63) is 24.3 Å². The number of hydrogen-bond acceptors (Lipinski definition) is 6. The third-order valence-electron chi connectivity index (χ3n) is 8.20. The zero-order chi connectivity index (χ0) is 34.9. The van der Waals surface area contributed by atoms with Gasteiger partial charge in [0.15, 0.2) is 0 Å². The van der Waals surface area contributed by atoms with Gasteiger partial charge in [0.05, 0.1) is 13.2 Å². The molecule has 6 heteroatoms. The molecule has 1 atom stereocenters. The van der Waals surface area contributed by atoms with Crippen LogP contribution in [0.25, 0.3) is 0 Å². The molecule has 0 heterocycles. The summed E-state index contributed by atoms with van der Waals surface area (Å²) in [4.78, 5) is 24.1. The summed E-state index contributed by atoms with van der Waals surface area (Å²) in [6, 6.07) is 0. The summed E-state index contributed by atoms with van der Waals surface area (Å²) >= 11 is 0. The molecular weight excluding hydrogens is 588 g/mol. The van der Waals surface area contributed by atoms with Crippen molar-refractivity contribution in [2.45, 2.75) is 207 Å². The van der Waals surface area contributed by atoms with Crippen molar-refractivity contribution >= 4 is 11.9 Å². The Kier molecular flexibility index (Phi) is 42.8. The molecule has 47 heavy (non-hydrogen) atoms. The molecule has 278 valence electrons. The van der Waals surface area contributed by atoms with E-state index in [-0.39, 0.29) is 37.9 Å². The molecule has 0 rings (SSSR count). The standard InChI is InChI=1S/C39H72O4.C2H6O2/c1-4-6-8-10-12-14-16-18-20-22-24-26-28-30-32-34-38(40)42-36-37(3)43-39(41)35-33-31-29-27-25-23-21-19-17-15-13-11-9-7-5-2;3-1-2-4/h18-21,37H,4-17,22-36H2,1-3H3;3-4H,1-2H2/b20-18-,21-19-;. The van der Waals surface area contributed by atoms with Crippen LogP contribution in [-0.4, -0.2) is 48.1 Å². The van der Waals surface area contributed by atoms with Crippen LogP contribution in [0.2, 0.25) is 0 Å². The maximum Gasteiger partial charge on any atom is 0.306 e. The number of esters is 2. The monoisotopic (exact) mass is 667 g/mol. The van der Waals surface area contributed by atoms with Gasteiger partial charge in [0.25, 0.3) is 0 Å². The first-order valence-electron chi connectivity index (χ1n) is 19.9. The van der Waals surface area contributed by atoms with Gasteiger partial charge < -0.3 is 19.7 Å². The number of rotatable bonds is 34. The van der Waals surface area contributed by atoms with E-state index in [0.29, 0.717) is 12.8 Å². The Morgan fingerprint density at radius 2 is 0.809 bits per heavy atom. The Balaban J connectivity index is 0. The number of ether oxygens (including phenoxy) is 2. The van der Waals surface area contributed by atoms with Gasteiger partial charge in [0.2, 0.25) is 0 Å². The Hall–Kier alpha value is -1.66. The Morgan fingerprint density at radius 1 is 0.489 bits per heavy atom. The molecule has 0 aliphatic rings. The Morgan fingerprint density at radius 3 is 1.17 bits per heavy atom. The average Bonchev–Trinajstić information content (AvgIpc) is 3.07. The molecule has 0 aliphatic carbocycles. The van der Waals surface area contributed by atoms with E-state index in [1.54, 1.807) is 6.92 Å². The van der Waals surface area contributed by atoms with Crippen LogP contribution in [0, 0.1) is 0 Å². The molecule has 6 nitrogen and oxygen atoms in total. The summed E-state index contributed by atoms with van der Waals surface area (Å²) in [5.41, 5.74) is 0. The van der Waals surface area contributed by atoms with Crippen LogP contribution in [0.4, 0.5) is 0 Å². The minimum absolute atomic E-state index is 0.125. The van der Waals surface area contributed by atoms with E-state index in [4.69, 9.17) is 19.7 Å². The lowest BCUT2D eigenvalue weighted by Gasteiger charge is -2.13. The van der Waals surface area contributed by atoms with Gasteiger partial charge in [0, 0.05) is 12.8 Å². The van der Waals surface area contributed by atoms with Gasteiger partial charge in [-0.2, -0.15) is 0 Å². The van der Waals surface area contributed by atoms with E-state index < -0.39 is 0 Å². The molecule has 0 saturated heterocycles. The van der Waals surface area contributed by atoms with Gasteiger partial charge in [0.1, 0.15) is 12.7 Å². The lowest BCUT2D eigenvalue weighted by atomic mass is 10.1. The predicted octanol–water partition coefficient (Wildman–Crippen LogP) is 11.5. The second kappa shape index (κ2) is 42.4. The number of carbonyl (C=O) groups is 2. The maximum atomic E-state index is 12.1.